The Morgan fingerprint density at radius 1 is 1.14 bits per heavy atom. The number of rotatable bonds is 5. The Bertz CT molecular complexity index is 1580. The Kier molecular flexibility index (Phi) is 4.35. The largest absolute Gasteiger partial charge is 0.483 e. The summed E-state index contributed by atoms with van der Waals surface area (Å²) in [6.45, 7) is 2.51. The molecule has 4 heterocycles. The second kappa shape index (κ2) is 7.59. The molecule has 2 aromatic carbocycles. The predicted octanol–water partition coefficient (Wildman–Crippen LogP) is 4.45. The monoisotopic (exact) mass is 469 g/mol. The van der Waals surface area contributed by atoms with Gasteiger partial charge >= 0.3 is 0 Å². The number of ether oxygens (including phenoxy) is 1. The van der Waals surface area contributed by atoms with Gasteiger partial charge in [0.15, 0.2) is 23.2 Å². The van der Waals surface area contributed by atoms with Crippen LogP contribution in [0.2, 0.25) is 0 Å². The van der Waals surface area contributed by atoms with E-state index in [-0.39, 0.29) is 12.4 Å². The molecule has 0 atom stereocenters. The maximum Gasteiger partial charge on any atom is 0.230 e. The third-order valence-corrected chi connectivity index (χ3v) is 6.43. The number of nitrogens with zero attached hydrogens (tertiary/aromatic N) is 7. The third kappa shape index (κ3) is 3.32. The van der Waals surface area contributed by atoms with Crippen LogP contribution in [0.5, 0.6) is 5.75 Å². The lowest BCUT2D eigenvalue weighted by molar-refractivity contribution is 0.276. The lowest BCUT2D eigenvalue weighted by Gasteiger charge is -2.10. The van der Waals surface area contributed by atoms with Gasteiger partial charge in [-0.2, -0.15) is 4.98 Å². The van der Waals surface area contributed by atoms with E-state index in [1.54, 1.807) is 24.5 Å². The zero-order valence-corrected chi connectivity index (χ0v) is 18.8. The molecule has 0 bridgehead atoms. The molecule has 174 valence electrons. The molecule has 1 fully saturated rings. The number of fused-ring (bicyclic) bond motifs is 5. The molecule has 1 aliphatic heterocycles. The van der Waals surface area contributed by atoms with Crippen LogP contribution in [0.4, 0.5) is 4.39 Å². The Morgan fingerprint density at radius 2 is 2.03 bits per heavy atom. The molecular weight excluding hydrogens is 449 g/mol. The van der Waals surface area contributed by atoms with Crippen LogP contribution in [-0.2, 0) is 13.2 Å². The zero-order chi connectivity index (χ0) is 23.5. The van der Waals surface area contributed by atoms with Crippen molar-refractivity contribution < 1.29 is 13.7 Å². The summed E-state index contributed by atoms with van der Waals surface area (Å²) in [5.74, 6) is 2.51. The van der Waals surface area contributed by atoms with E-state index in [0.717, 1.165) is 35.3 Å². The Labute approximate surface area is 199 Å². The molecule has 0 spiro atoms. The average molecular weight is 469 g/mol. The van der Waals surface area contributed by atoms with Crippen molar-refractivity contribution in [1.29, 1.82) is 0 Å². The first-order valence-corrected chi connectivity index (χ1v) is 11.5. The van der Waals surface area contributed by atoms with Crippen molar-refractivity contribution in [1.82, 2.24) is 34.5 Å². The SMILES string of the molecule is Cc1ccc2c(c1)-c1nnc(COc3ccccc3F)n1Cc1c(-c3noc(C4CC4)n3)ncn1-2. The standard InChI is InChI=1S/C25H20FN7O2/c1-14-6-9-18-16(10-14)24-30-29-21(12-34-20-5-3-2-4-17(20)26)32(24)11-19-22(27-13-33(18)19)23-28-25(35-31-23)15-7-8-15/h2-6,9-10,13,15H,7-8,11-12H2,1H3. The molecule has 35 heavy (non-hydrogen) atoms. The summed E-state index contributed by atoms with van der Waals surface area (Å²) in [7, 11) is 0. The highest BCUT2D eigenvalue weighted by atomic mass is 19.1. The van der Waals surface area contributed by atoms with E-state index in [1.807, 2.05) is 22.1 Å². The van der Waals surface area contributed by atoms with Gasteiger partial charge in [-0.3, -0.25) is 4.57 Å². The lowest BCUT2D eigenvalue weighted by atomic mass is 10.1. The number of hydrogen-bond acceptors (Lipinski definition) is 7. The van der Waals surface area contributed by atoms with Crippen molar-refractivity contribution in [2.75, 3.05) is 0 Å². The number of aromatic nitrogens is 7. The van der Waals surface area contributed by atoms with Crippen LogP contribution < -0.4 is 4.74 Å². The zero-order valence-electron chi connectivity index (χ0n) is 18.8. The highest BCUT2D eigenvalue weighted by molar-refractivity contribution is 5.71. The molecule has 0 saturated heterocycles. The minimum Gasteiger partial charge on any atom is -0.483 e. The maximum absolute atomic E-state index is 14.1. The fourth-order valence-electron chi connectivity index (χ4n) is 4.45. The molecule has 1 aliphatic carbocycles. The van der Waals surface area contributed by atoms with Crippen LogP contribution in [0.3, 0.4) is 0 Å². The first-order valence-electron chi connectivity index (χ1n) is 11.5. The van der Waals surface area contributed by atoms with E-state index in [0.29, 0.717) is 41.5 Å². The molecule has 0 radical (unpaired) electrons. The smallest absolute Gasteiger partial charge is 0.230 e. The van der Waals surface area contributed by atoms with Crippen LogP contribution in [-0.4, -0.2) is 34.5 Å². The van der Waals surface area contributed by atoms with Crippen LogP contribution in [0.15, 0.2) is 53.3 Å². The minimum atomic E-state index is -0.423. The third-order valence-electron chi connectivity index (χ3n) is 6.43. The summed E-state index contributed by atoms with van der Waals surface area (Å²) < 4.78 is 29.4. The predicted molar refractivity (Wildman–Crippen MR) is 122 cm³/mol. The van der Waals surface area contributed by atoms with Crippen molar-refractivity contribution in [3.05, 3.63) is 77.6 Å². The van der Waals surface area contributed by atoms with Crippen molar-refractivity contribution in [3.8, 4) is 34.3 Å². The summed E-state index contributed by atoms with van der Waals surface area (Å²) in [6.07, 6.45) is 3.93. The summed E-state index contributed by atoms with van der Waals surface area (Å²) in [5.41, 5.74) is 4.48. The van der Waals surface area contributed by atoms with Gasteiger partial charge in [-0.15, -0.1) is 10.2 Å². The normalized spacial score (nSPS) is 14.2. The number of aryl methyl sites for hydroxylation is 1. The molecular formula is C25H20FN7O2. The van der Waals surface area contributed by atoms with E-state index in [1.165, 1.54) is 6.07 Å². The van der Waals surface area contributed by atoms with Gasteiger partial charge in [-0.1, -0.05) is 28.9 Å². The summed E-state index contributed by atoms with van der Waals surface area (Å²) in [4.78, 5) is 9.27. The number of imidazole rings is 1. The van der Waals surface area contributed by atoms with Crippen LogP contribution in [0.1, 0.15) is 41.7 Å². The molecule has 0 amide bonds. The van der Waals surface area contributed by atoms with Gasteiger partial charge in [-0.25, -0.2) is 9.37 Å². The van der Waals surface area contributed by atoms with E-state index in [4.69, 9.17) is 9.26 Å². The van der Waals surface area contributed by atoms with Gasteiger partial charge in [0.1, 0.15) is 18.6 Å². The molecule has 0 unspecified atom stereocenters. The molecule has 0 N–H and O–H groups in total. The number of halogens is 1. The second-order valence-corrected chi connectivity index (χ2v) is 8.91. The molecule has 1 saturated carbocycles. The maximum atomic E-state index is 14.1. The molecule has 2 aliphatic rings. The molecule has 7 rings (SSSR count). The highest BCUT2D eigenvalue weighted by Gasteiger charge is 2.32. The highest BCUT2D eigenvalue weighted by Crippen LogP contribution is 2.40. The summed E-state index contributed by atoms with van der Waals surface area (Å²) >= 11 is 0. The van der Waals surface area contributed by atoms with E-state index in [2.05, 4.69) is 37.5 Å². The lowest BCUT2D eigenvalue weighted by Crippen LogP contribution is -2.11. The Hall–Kier alpha value is -4.34. The van der Waals surface area contributed by atoms with Gasteiger partial charge in [0.2, 0.25) is 11.7 Å². The van der Waals surface area contributed by atoms with Crippen molar-refractivity contribution in [2.24, 2.45) is 0 Å². The van der Waals surface area contributed by atoms with Crippen molar-refractivity contribution in [3.63, 3.8) is 0 Å². The van der Waals surface area contributed by atoms with E-state index >= 15 is 0 Å². The minimum absolute atomic E-state index is 0.0621. The van der Waals surface area contributed by atoms with Crippen LogP contribution in [0.25, 0.3) is 28.6 Å². The molecule has 3 aromatic heterocycles. The first-order chi connectivity index (χ1) is 17.2. The van der Waals surface area contributed by atoms with Crippen LogP contribution >= 0.6 is 0 Å². The first kappa shape index (κ1) is 20.1. The van der Waals surface area contributed by atoms with Gasteiger partial charge < -0.3 is 13.8 Å². The number of benzene rings is 2. The number of hydrogen-bond donors (Lipinski definition) is 0. The molecule has 9 nitrogen and oxygen atoms in total. The van der Waals surface area contributed by atoms with Gasteiger partial charge in [0, 0.05) is 11.5 Å². The van der Waals surface area contributed by atoms with Crippen LogP contribution in [0, 0.1) is 12.7 Å². The second-order valence-electron chi connectivity index (χ2n) is 8.91. The fourth-order valence-corrected chi connectivity index (χ4v) is 4.45. The summed E-state index contributed by atoms with van der Waals surface area (Å²) in [6, 6.07) is 12.5. The van der Waals surface area contributed by atoms with Gasteiger partial charge in [0.25, 0.3) is 0 Å². The van der Waals surface area contributed by atoms with Crippen molar-refractivity contribution >= 4 is 0 Å². The van der Waals surface area contributed by atoms with E-state index < -0.39 is 5.82 Å². The summed E-state index contributed by atoms with van der Waals surface area (Å²) in [5, 5.41) is 13.1. The average Bonchev–Trinajstić information content (AvgIpc) is 3.30. The molecule has 10 heteroatoms. The van der Waals surface area contributed by atoms with Gasteiger partial charge in [-0.05, 0) is 44.0 Å². The van der Waals surface area contributed by atoms with Crippen molar-refractivity contribution in [2.45, 2.75) is 38.8 Å². The topological polar surface area (TPSA) is 96.7 Å². The molecule has 5 aromatic rings. The van der Waals surface area contributed by atoms with Gasteiger partial charge in [0.05, 0.1) is 17.9 Å². The Balaban J connectivity index is 1.34. The number of para-hydroxylation sites is 1. The Morgan fingerprint density at radius 3 is 2.89 bits per heavy atom. The fraction of sp³-hybridized carbons (Fsp3) is 0.240. The van der Waals surface area contributed by atoms with E-state index in [9.17, 15) is 4.39 Å². The quantitative estimate of drug-likeness (QED) is 0.368.